The zero-order chi connectivity index (χ0) is 5.82. The predicted molar refractivity (Wildman–Crippen MR) is 34.3 cm³/mol. The van der Waals surface area contributed by atoms with Gasteiger partial charge in [0.05, 0.1) is 0 Å². The second kappa shape index (κ2) is 2.60. The van der Waals surface area contributed by atoms with Crippen molar-refractivity contribution in [1.29, 1.82) is 0 Å². The molecule has 1 heterocycles. The highest BCUT2D eigenvalue weighted by Crippen LogP contribution is 1.91. The molecular weight excluding hydrogens is 100 g/mol. The van der Waals surface area contributed by atoms with Crippen molar-refractivity contribution < 1.29 is 0 Å². The Hall–Kier alpha value is -0.660. The van der Waals surface area contributed by atoms with Gasteiger partial charge in [0, 0.05) is 25.5 Å². The summed E-state index contributed by atoms with van der Waals surface area (Å²) >= 11 is 0. The molecule has 1 rings (SSSR count). The average molecular weight is 112 g/mol. The molecule has 0 saturated heterocycles. The number of nitrogens with one attached hydrogen (secondary N) is 2. The average Bonchev–Trinajstić information content (AvgIpc) is 1.94. The van der Waals surface area contributed by atoms with Crippen molar-refractivity contribution in [2.75, 3.05) is 13.1 Å². The van der Waals surface area contributed by atoms with Crippen molar-refractivity contribution >= 4 is 0 Å². The fourth-order valence-corrected chi connectivity index (χ4v) is 0.728. The summed E-state index contributed by atoms with van der Waals surface area (Å²) in [6, 6.07) is 0. The Kier molecular flexibility index (Phi) is 1.78. The van der Waals surface area contributed by atoms with Gasteiger partial charge in [-0.15, -0.1) is 0 Å². The summed E-state index contributed by atoms with van der Waals surface area (Å²) < 4.78 is 0. The molecule has 0 aromatic rings. The number of hydrogen-bond acceptors (Lipinski definition) is 2. The van der Waals surface area contributed by atoms with E-state index in [1.807, 2.05) is 12.4 Å². The summed E-state index contributed by atoms with van der Waals surface area (Å²) in [6.07, 6.45) is 3.90. The predicted octanol–water partition coefficient (Wildman–Crippen LogP) is 0.286. The molecular formula is C6H12N2. The molecule has 0 amide bonds. The fourth-order valence-electron chi connectivity index (χ4n) is 0.728. The Balaban J connectivity index is 2.28. The maximum atomic E-state index is 3.15. The van der Waals surface area contributed by atoms with E-state index in [1.54, 1.807) is 0 Å². The van der Waals surface area contributed by atoms with Gasteiger partial charge in [-0.05, 0) is 5.92 Å². The van der Waals surface area contributed by atoms with Crippen LogP contribution in [0.4, 0.5) is 0 Å². The third-order valence-electron chi connectivity index (χ3n) is 1.25. The first kappa shape index (κ1) is 5.48. The van der Waals surface area contributed by atoms with E-state index in [0.717, 1.165) is 19.0 Å². The Morgan fingerprint density at radius 3 is 2.25 bits per heavy atom. The van der Waals surface area contributed by atoms with Gasteiger partial charge in [0.1, 0.15) is 0 Å². The Morgan fingerprint density at radius 2 is 1.75 bits per heavy atom. The molecule has 0 spiro atoms. The molecule has 0 saturated carbocycles. The van der Waals surface area contributed by atoms with Crippen molar-refractivity contribution in [2.24, 2.45) is 5.92 Å². The Bertz CT molecular complexity index is 78.5. The summed E-state index contributed by atoms with van der Waals surface area (Å²) in [5.41, 5.74) is 0. The second-order valence-electron chi connectivity index (χ2n) is 2.26. The maximum absolute atomic E-state index is 3.15. The van der Waals surface area contributed by atoms with E-state index >= 15 is 0 Å². The van der Waals surface area contributed by atoms with Crippen LogP contribution in [0.3, 0.4) is 0 Å². The van der Waals surface area contributed by atoms with Crippen molar-refractivity contribution in [1.82, 2.24) is 10.6 Å². The monoisotopic (exact) mass is 112 g/mol. The third kappa shape index (κ3) is 1.45. The summed E-state index contributed by atoms with van der Waals surface area (Å²) in [5, 5.41) is 6.31. The van der Waals surface area contributed by atoms with Crippen molar-refractivity contribution in [2.45, 2.75) is 6.92 Å². The molecule has 8 heavy (non-hydrogen) atoms. The van der Waals surface area contributed by atoms with Gasteiger partial charge in [-0.3, -0.25) is 0 Å². The van der Waals surface area contributed by atoms with Crippen LogP contribution in [-0.4, -0.2) is 13.1 Å². The molecule has 46 valence electrons. The molecule has 0 fully saturated rings. The van der Waals surface area contributed by atoms with Crippen molar-refractivity contribution in [3.8, 4) is 0 Å². The van der Waals surface area contributed by atoms with E-state index in [1.165, 1.54) is 0 Å². The second-order valence-corrected chi connectivity index (χ2v) is 2.26. The van der Waals surface area contributed by atoms with Gasteiger partial charge < -0.3 is 10.6 Å². The van der Waals surface area contributed by atoms with Gasteiger partial charge in [-0.25, -0.2) is 0 Å². The van der Waals surface area contributed by atoms with Crippen LogP contribution in [0.5, 0.6) is 0 Å². The minimum absolute atomic E-state index is 0.741. The van der Waals surface area contributed by atoms with Crippen LogP contribution in [0.25, 0.3) is 0 Å². The number of hydrogen-bond donors (Lipinski definition) is 2. The molecule has 0 aromatic carbocycles. The molecule has 1 aliphatic rings. The van der Waals surface area contributed by atoms with Crippen LogP contribution >= 0.6 is 0 Å². The van der Waals surface area contributed by atoms with Crippen molar-refractivity contribution in [3.05, 3.63) is 12.4 Å². The quantitative estimate of drug-likeness (QED) is 0.470. The summed E-state index contributed by atoms with van der Waals surface area (Å²) in [5.74, 6) is 0.741. The molecule has 0 radical (unpaired) electrons. The van der Waals surface area contributed by atoms with E-state index < -0.39 is 0 Å². The highest BCUT2D eigenvalue weighted by molar-refractivity contribution is 4.82. The van der Waals surface area contributed by atoms with E-state index in [9.17, 15) is 0 Å². The highest BCUT2D eigenvalue weighted by Gasteiger charge is 1.99. The summed E-state index contributed by atoms with van der Waals surface area (Å²) in [4.78, 5) is 0. The lowest BCUT2D eigenvalue weighted by atomic mass is 10.2. The van der Waals surface area contributed by atoms with Gasteiger partial charge in [0.25, 0.3) is 0 Å². The maximum Gasteiger partial charge on any atom is 0.0184 e. The van der Waals surface area contributed by atoms with Crippen LogP contribution in [0.2, 0.25) is 0 Å². The molecule has 0 unspecified atom stereocenters. The smallest absolute Gasteiger partial charge is 0.0184 e. The van der Waals surface area contributed by atoms with Crippen LogP contribution in [0.15, 0.2) is 12.4 Å². The van der Waals surface area contributed by atoms with Crippen LogP contribution in [-0.2, 0) is 0 Å². The first-order valence-electron chi connectivity index (χ1n) is 3.01. The third-order valence-corrected chi connectivity index (χ3v) is 1.25. The van der Waals surface area contributed by atoms with Gasteiger partial charge >= 0.3 is 0 Å². The first-order valence-corrected chi connectivity index (χ1v) is 3.01. The lowest BCUT2D eigenvalue weighted by molar-refractivity contribution is 0.552. The van der Waals surface area contributed by atoms with E-state index in [0.29, 0.717) is 0 Å². The lowest BCUT2D eigenvalue weighted by Gasteiger charge is -2.05. The largest absolute Gasteiger partial charge is 0.389 e. The van der Waals surface area contributed by atoms with Crippen LogP contribution in [0.1, 0.15) is 6.92 Å². The van der Waals surface area contributed by atoms with Gasteiger partial charge in [-0.2, -0.15) is 0 Å². The molecule has 2 N–H and O–H groups in total. The standard InChI is InChI=1S/C6H12N2/c1-6-4-7-2-3-8-5-6/h2-3,6-8H,4-5H2,1H3. The lowest BCUT2D eigenvalue weighted by Crippen LogP contribution is -2.20. The summed E-state index contributed by atoms with van der Waals surface area (Å²) in [6.45, 7) is 4.39. The molecule has 0 atom stereocenters. The summed E-state index contributed by atoms with van der Waals surface area (Å²) in [7, 11) is 0. The Morgan fingerprint density at radius 1 is 1.25 bits per heavy atom. The fraction of sp³-hybridized carbons (Fsp3) is 0.667. The zero-order valence-corrected chi connectivity index (χ0v) is 5.15. The topological polar surface area (TPSA) is 24.1 Å². The number of rotatable bonds is 0. The minimum atomic E-state index is 0.741. The van der Waals surface area contributed by atoms with E-state index in [-0.39, 0.29) is 0 Å². The molecule has 0 aliphatic carbocycles. The first-order chi connectivity index (χ1) is 3.89. The van der Waals surface area contributed by atoms with Gasteiger partial charge in [0.2, 0.25) is 0 Å². The van der Waals surface area contributed by atoms with Gasteiger partial charge in [0.15, 0.2) is 0 Å². The molecule has 0 aromatic heterocycles. The van der Waals surface area contributed by atoms with E-state index in [4.69, 9.17) is 0 Å². The SMILES string of the molecule is CC1CNC=CNC1. The normalized spacial score (nSPS) is 21.1. The molecule has 0 bridgehead atoms. The van der Waals surface area contributed by atoms with Crippen LogP contribution in [0, 0.1) is 5.92 Å². The zero-order valence-electron chi connectivity index (χ0n) is 5.15. The minimum Gasteiger partial charge on any atom is -0.389 e. The molecule has 2 nitrogen and oxygen atoms in total. The molecule has 2 heteroatoms. The van der Waals surface area contributed by atoms with Crippen LogP contribution < -0.4 is 10.6 Å². The molecule has 1 aliphatic heterocycles. The van der Waals surface area contributed by atoms with E-state index in [2.05, 4.69) is 17.6 Å². The highest BCUT2D eigenvalue weighted by atomic mass is 14.9. The van der Waals surface area contributed by atoms with Gasteiger partial charge in [-0.1, -0.05) is 6.92 Å². The Labute approximate surface area is 50.0 Å². The van der Waals surface area contributed by atoms with Crippen molar-refractivity contribution in [3.63, 3.8) is 0 Å².